The lowest BCUT2D eigenvalue weighted by Gasteiger charge is -2.21. The van der Waals surface area contributed by atoms with E-state index in [-0.39, 0.29) is 10.7 Å². The van der Waals surface area contributed by atoms with Gasteiger partial charge in [0.1, 0.15) is 0 Å². The number of hydrogen-bond donors (Lipinski definition) is 0. The average Bonchev–Trinajstić information content (AvgIpc) is 2.72. The van der Waals surface area contributed by atoms with Gasteiger partial charge in [-0.25, -0.2) is 8.42 Å². The molecule has 0 aliphatic rings. The second-order valence-electron chi connectivity index (χ2n) is 6.36. The number of carbonyl (C=O) groups is 1. The molecule has 0 atom stereocenters. The summed E-state index contributed by atoms with van der Waals surface area (Å²) in [6.45, 7) is 4.83. The lowest BCUT2D eigenvalue weighted by Crippen LogP contribution is -2.32. The Bertz CT molecular complexity index is 981. The monoisotopic (exact) mass is 396 g/mol. The van der Waals surface area contributed by atoms with Crippen molar-refractivity contribution in [3.63, 3.8) is 0 Å². The van der Waals surface area contributed by atoms with Gasteiger partial charge in [-0.1, -0.05) is 32.1 Å². The lowest BCUT2D eigenvalue weighted by molar-refractivity contribution is 0.104. The van der Waals surface area contributed by atoms with E-state index in [4.69, 9.17) is 5.26 Å². The topological polar surface area (TPSA) is 78.2 Å². The Balaban J connectivity index is 2.18. The van der Waals surface area contributed by atoms with Crippen LogP contribution in [0.3, 0.4) is 0 Å². The van der Waals surface area contributed by atoms with Gasteiger partial charge in [0.15, 0.2) is 5.78 Å². The fourth-order valence-electron chi connectivity index (χ4n) is 2.77. The minimum Gasteiger partial charge on any atom is -0.289 e. The SMILES string of the molecule is CCCN(CCC)S(=O)(=O)c1ccc(C(=O)/C=C/c2cccc(C#N)c2)cc1. The molecule has 0 aliphatic heterocycles. The highest BCUT2D eigenvalue weighted by Gasteiger charge is 2.23. The second-order valence-corrected chi connectivity index (χ2v) is 8.30. The average molecular weight is 397 g/mol. The molecule has 0 unspecified atom stereocenters. The first-order chi connectivity index (χ1) is 13.4. The third kappa shape index (κ3) is 5.38. The first-order valence-corrected chi connectivity index (χ1v) is 10.7. The van der Waals surface area contributed by atoms with Crippen LogP contribution in [-0.4, -0.2) is 31.6 Å². The highest BCUT2D eigenvalue weighted by Crippen LogP contribution is 2.18. The number of benzene rings is 2. The standard InChI is InChI=1S/C22H24N2O3S/c1-3-14-24(15-4-2)28(26,27)21-11-9-20(10-12-21)22(25)13-8-18-6-5-7-19(16-18)17-23/h5-13,16H,3-4,14-15H2,1-2H3/b13-8+. The fourth-order valence-corrected chi connectivity index (χ4v) is 4.40. The predicted molar refractivity (Wildman–Crippen MR) is 110 cm³/mol. The fraction of sp³-hybridized carbons (Fsp3) is 0.273. The third-order valence-electron chi connectivity index (χ3n) is 4.17. The Kier molecular flexibility index (Phi) is 7.68. The highest BCUT2D eigenvalue weighted by molar-refractivity contribution is 7.89. The summed E-state index contributed by atoms with van der Waals surface area (Å²) in [4.78, 5) is 12.6. The molecule has 2 aromatic carbocycles. The molecule has 2 rings (SSSR count). The molecule has 0 bridgehead atoms. The van der Waals surface area contributed by atoms with Crippen LogP contribution in [0.4, 0.5) is 0 Å². The van der Waals surface area contributed by atoms with Gasteiger partial charge in [-0.05, 0) is 60.9 Å². The van der Waals surface area contributed by atoms with Crippen molar-refractivity contribution in [3.05, 3.63) is 71.3 Å². The first-order valence-electron chi connectivity index (χ1n) is 9.25. The molecule has 5 nitrogen and oxygen atoms in total. The molecular formula is C22H24N2O3S. The van der Waals surface area contributed by atoms with E-state index in [2.05, 4.69) is 6.07 Å². The van der Waals surface area contributed by atoms with E-state index in [9.17, 15) is 13.2 Å². The maximum Gasteiger partial charge on any atom is 0.243 e. The number of ketones is 1. The van der Waals surface area contributed by atoms with Crippen LogP contribution in [0, 0.1) is 11.3 Å². The quantitative estimate of drug-likeness (QED) is 0.468. The number of nitriles is 1. The molecule has 0 N–H and O–H groups in total. The van der Waals surface area contributed by atoms with E-state index in [1.54, 1.807) is 30.3 Å². The first kappa shape index (κ1) is 21.5. The Morgan fingerprint density at radius 1 is 1.07 bits per heavy atom. The molecule has 0 heterocycles. The minimum atomic E-state index is -3.56. The molecule has 0 fully saturated rings. The van der Waals surface area contributed by atoms with E-state index in [1.807, 2.05) is 13.8 Å². The maximum atomic E-state index is 12.8. The summed E-state index contributed by atoms with van der Waals surface area (Å²) in [6.07, 6.45) is 4.54. The minimum absolute atomic E-state index is 0.191. The van der Waals surface area contributed by atoms with E-state index in [1.165, 1.54) is 34.6 Å². The number of sulfonamides is 1. The van der Waals surface area contributed by atoms with Gasteiger partial charge in [-0.15, -0.1) is 0 Å². The number of nitrogens with zero attached hydrogens (tertiary/aromatic N) is 2. The van der Waals surface area contributed by atoms with Crippen LogP contribution >= 0.6 is 0 Å². The molecule has 28 heavy (non-hydrogen) atoms. The summed E-state index contributed by atoms with van der Waals surface area (Å²) in [5.74, 6) is -0.231. The Hall–Kier alpha value is -2.75. The summed E-state index contributed by atoms with van der Waals surface area (Å²) in [6, 6.07) is 15.0. The maximum absolute atomic E-state index is 12.8. The van der Waals surface area contributed by atoms with Crippen molar-refractivity contribution in [1.29, 1.82) is 5.26 Å². The van der Waals surface area contributed by atoms with E-state index in [0.29, 0.717) is 24.2 Å². The number of hydrogen-bond acceptors (Lipinski definition) is 4. The molecule has 0 amide bonds. The molecule has 2 aromatic rings. The van der Waals surface area contributed by atoms with Crippen molar-refractivity contribution in [1.82, 2.24) is 4.31 Å². The van der Waals surface area contributed by atoms with Crippen LogP contribution in [0.5, 0.6) is 0 Å². The van der Waals surface area contributed by atoms with Gasteiger partial charge < -0.3 is 0 Å². The van der Waals surface area contributed by atoms with Gasteiger partial charge in [-0.3, -0.25) is 4.79 Å². The Morgan fingerprint density at radius 2 is 1.71 bits per heavy atom. The van der Waals surface area contributed by atoms with Gasteiger partial charge in [-0.2, -0.15) is 9.57 Å². The van der Waals surface area contributed by atoms with Crippen LogP contribution in [0.25, 0.3) is 6.08 Å². The normalized spacial score (nSPS) is 11.6. The molecule has 0 aliphatic carbocycles. The Labute approximate surface area is 167 Å². The van der Waals surface area contributed by atoms with Gasteiger partial charge in [0, 0.05) is 18.7 Å². The zero-order chi connectivity index (χ0) is 20.6. The van der Waals surface area contributed by atoms with Gasteiger partial charge in [0.2, 0.25) is 10.0 Å². The summed E-state index contributed by atoms with van der Waals surface area (Å²) in [5.41, 5.74) is 1.68. The zero-order valence-electron chi connectivity index (χ0n) is 16.1. The van der Waals surface area contributed by atoms with Crippen LogP contribution in [0.15, 0.2) is 59.5 Å². The third-order valence-corrected chi connectivity index (χ3v) is 6.08. The molecular weight excluding hydrogens is 372 g/mol. The molecule has 6 heteroatoms. The molecule has 0 spiro atoms. The molecule has 0 radical (unpaired) electrons. The lowest BCUT2D eigenvalue weighted by atomic mass is 10.1. The van der Waals surface area contributed by atoms with Crippen molar-refractivity contribution >= 4 is 21.9 Å². The molecule has 0 saturated carbocycles. The van der Waals surface area contributed by atoms with E-state index in [0.717, 1.165) is 18.4 Å². The summed E-state index contributed by atoms with van der Waals surface area (Å²) in [5, 5.41) is 8.92. The van der Waals surface area contributed by atoms with Crippen LogP contribution in [0.2, 0.25) is 0 Å². The molecule has 0 saturated heterocycles. The summed E-state index contributed by atoms with van der Waals surface area (Å²) >= 11 is 0. The number of rotatable bonds is 9. The zero-order valence-corrected chi connectivity index (χ0v) is 16.9. The van der Waals surface area contributed by atoms with E-state index >= 15 is 0 Å². The van der Waals surface area contributed by atoms with Gasteiger partial charge in [0.25, 0.3) is 0 Å². The van der Waals surface area contributed by atoms with Crippen molar-refractivity contribution < 1.29 is 13.2 Å². The number of allylic oxidation sites excluding steroid dienone is 1. The van der Waals surface area contributed by atoms with Crippen molar-refractivity contribution in [3.8, 4) is 6.07 Å². The smallest absolute Gasteiger partial charge is 0.243 e. The summed E-state index contributed by atoms with van der Waals surface area (Å²) < 4.78 is 27.0. The number of carbonyl (C=O) groups excluding carboxylic acids is 1. The predicted octanol–water partition coefficient (Wildman–Crippen LogP) is 4.27. The van der Waals surface area contributed by atoms with Crippen molar-refractivity contribution in [2.24, 2.45) is 0 Å². The van der Waals surface area contributed by atoms with Crippen molar-refractivity contribution in [2.75, 3.05) is 13.1 Å². The van der Waals surface area contributed by atoms with Gasteiger partial charge >= 0.3 is 0 Å². The molecule has 146 valence electrons. The largest absolute Gasteiger partial charge is 0.289 e. The molecule has 0 aromatic heterocycles. The van der Waals surface area contributed by atoms with Crippen molar-refractivity contribution in [2.45, 2.75) is 31.6 Å². The highest BCUT2D eigenvalue weighted by atomic mass is 32.2. The van der Waals surface area contributed by atoms with Crippen LogP contribution in [-0.2, 0) is 10.0 Å². The Morgan fingerprint density at radius 3 is 2.29 bits per heavy atom. The van der Waals surface area contributed by atoms with E-state index < -0.39 is 10.0 Å². The second kappa shape index (κ2) is 9.98. The van der Waals surface area contributed by atoms with Crippen LogP contribution in [0.1, 0.15) is 48.2 Å². The summed E-state index contributed by atoms with van der Waals surface area (Å²) in [7, 11) is -3.56. The van der Waals surface area contributed by atoms with Crippen LogP contribution < -0.4 is 0 Å². The van der Waals surface area contributed by atoms with Gasteiger partial charge in [0.05, 0.1) is 16.5 Å².